The van der Waals surface area contributed by atoms with Crippen molar-refractivity contribution < 1.29 is 0 Å². The Hall–Kier alpha value is -1.82. The van der Waals surface area contributed by atoms with Gasteiger partial charge in [0, 0.05) is 0 Å². The predicted molar refractivity (Wildman–Crippen MR) is 87.1 cm³/mol. The molecule has 1 unspecified atom stereocenters. The molecule has 102 valence electrons. The lowest BCUT2D eigenvalue weighted by Crippen LogP contribution is -2.06. The third-order valence-corrected chi connectivity index (χ3v) is 4.33. The first-order chi connectivity index (χ1) is 9.65. The predicted octanol–water partition coefficient (Wildman–Crippen LogP) is 5.55. The summed E-state index contributed by atoms with van der Waals surface area (Å²) in [5.74, 6) is 1.11. The van der Waals surface area contributed by atoms with Gasteiger partial charge in [-0.1, -0.05) is 75.4 Å². The van der Waals surface area contributed by atoms with Crippen molar-refractivity contribution in [1.29, 1.82) is 0 Å². The van der Waals surface area contributed by atoms with Crippen LogP contribution in [0.4, 0.5) is 0 Å². The van der Waals surface area contributed by atoms with Crippen LogP contribution in [-0.2, 0) is 6.42 Å². The first kappa shape index (κ1) is 13.2. The maximum Gasteiger partial charge on any atom is -0.000144 e. The highest BCUT2D eigenvalue weighted by molar-refractivity contribution is 5.71. The van der Waals surface area contributed by atoms with Crippen molar-refractivity contribution >= 4 is 5.57 Å². The minimum absolute atomic E-state index is 0.514. The number of benzene rings is 2. The number of rotatable bonds is 2. The van der Waals surface area contributed by atoms with Gasteiger partial charge in [-0.15, -0.1) is 0 Å². The third kappa shape index (κ3) is 2.43. The highest BCUT2D eigenvalue weighted by Crippen LogP contribution is 2.34. The van der Waals surface area contributed by atoms with E-state index in [1.165, 1.54) is 27.8 Å². The van der Waals surface area contributed by atoms with E-state index in [-0.39, 0.29) is 0 Å². The molecule has 0 nitrogen and oxygen atoms in total. The Morgan fingerprint density at radius 3 is 2.35 bits per heavy atom. The van der Waals surface area contributed by atoms with Crippen molar-refractivity contribution in [3.8, 4) is 0 Å². The smallest absolute Gasteiger partial charge is 0.000144 e. The Kier molecular flexibility index (Phi) is 3.48. The molecular weight excluding hydrogens is 240 g/mol. The summed E-state index contributed by atoms with van der Waals surface area (Å²) in [4.78, 5) is 0. The van der Waals surface area contributed by atoms with Crippen LogP contribution < -0.4 is 0 Å². The second-order valence-corrected chi connectivity index (χ2v) is 6.13. The second-order valence-electron chi connectivity index (χ2n) is 6.13. The molecule has 1 aliphatic carbocycles. The van der Waals surface area contributed by atoms with Crippen molar-refractivity contribution in [2.24, 2.45) is 0 Å². The molecule has 3 rings (SSSR count). The van der Waals surface area contributed by atoms with Gasteiger partial charge < -0.3 is 0 Å². The maximum absolute atomic E-state index is 2.42. The van der Waals surface area contributed by atoms with Crippen LogP contribution in [0, 0.1) is 0 Å². The zero-order valence-electron chi connectivity index (χ0n) is 12.6. The number of fused-ring (bicyclic) bond motifs is 1. The molecule has 20 heavy (non-hydrogen) atoms. The largest absolute Gasteiger partial charge is 0.0731 e. The van der Waals surface area contributed by atoms with E-state index in [1.54, 1.807) is 0 Å². The molecule has 1 atom stereocenters. The highest BCUT2D eigenvalue weighted by atomic mass is 14.2. The van der Waals surface area contributed by atoms with Crippen LogP contribution in [0.2, 0.25) is 0 Å². The van der Waals surface area contributed by atoms with Crippen LogP contribution in [0.15, 0.2) is 54.6 Å². The molecule has 0 heteroatoms. The van der Waals surface area contributed by atoms with Gasteiger partial charge in [0.2, 0.25) is 0 Å². The van der Waals surface area contributed by atoms with Crippen molar-refractivity contribution in [2.45, 2.75) is 39.0 Å². The normalized spacial score (nSPS) is 17.8. The van der Waals surface area contributed by atoms with Crippen LogP contribution in [0.25, 0.3) is 5.57 Å². The van der Waals surface area contributed by atoms with Gasteiger partial charge in [-0.25, -0.2) is 0 Å². The minimum Gasteiger partial charge on any atom is -0.0731 e. The monoisotopic (exact) mass is 262 g/mol. The Balaban J connectivity index is 1.92. The molecule has 0 aromatic heterocycles. The Bertz CT molecular complexity index is 629. The number of hydrogen-bond donors (Lipinski definition) is 0. The molecule has 0 bridgehead atoms. The van der Waals surface area contributed by atoms with Crippen molar-refractivity contribution in [3.63, 3.8) is 0 Å². The molecule has 1 aliphatic rings. The molecule has 0 fully saturated rings. The summed E-state index contributed by atoms with van der Waals surface area (Å²) in [5, 5.41) is 0. The summed E-state index contributed by atoms with van der Waals surface area (Å²) in [5.41, 5.74) is 7.21. The van der Waals surface area contributed by atoms with Gasteiger partial charge in [0.15, 0.2) is 0 Å². The zero-order chi connectivity index (χ0) is 14.1. The van der Waals surface area contributed by atoms with E-state index in [9.17, 15) is 0 Å². The summed E-state index contributed by atoms with van der Waals surface area (Å²) in [6, 6.07) is 17.9. The van der Waals surface area contributed by atoms with Crippen LogP contribution in [0.1, 0.15) is 54.9 Å². The highest BCUT2D eigenvalue weighted by Gasteiger charge is 2.17. The van der Waals surface area contributed by atoms with Gasteiger partial charge >= 0.3 is 0 Å². The number of allylic oxidation sites excluding steroid dienone is 2. The average molecular weight is 262 g/mol. The van der Waals surface area contributed by atoms with Crippen LogP contribution in [0.3, 0.4) is 0 Å². The molecule has 0 aliphatic heterocycles. The quantitative estimate of drug-likeness (QED) is 0.665. The molecule has 0 amide bonds. The maximum atomic E-state index is 2.42. The van der Waals surface area contributed by atoms with Gasteiger partial charge in [0.05, 0.1) is 0 Å². The molecule has 0 heterocycles. The minimum atomic E-state index is 0.514. The van der Waals surface area contributed by atoms with Gasteiger partial charge in [0.25, 0.3) is 0 Å². The Morgan fingerprint density at radius 2 is 1.65 bits per heavy atom. The average Bonchev–Trinajstić information content (AvgIpc) is 2.47. The van der Waals surface area contributed by atoms with Gasteiger partial charge in [-0.3, -0.25) is 0 Å². The van der Waals surface area contributed by atoms with Crippen LogP contribution in [0.5, 0.6) is 0 Å². The van der Waals surface area contributed by atoms with E-state index in [0.29, 0.717) is 11.8 Å². The van der Waals surface area contributed by atoms with Crippen LogP contribution >= 0.6 is 0 Å². The lowest BCUT2D eigenvalue weighted by atomic mass is 9.82. The molecule has 0 saturated carbocycles. The first-order valence-corrected chi connectivity index (χ1v) is 7.54. The first-order valence-electron chi connectivity index (χ1n) is 7.54. The lowest BCUT2D eigenvalue weighted by Gasteiger charge is -2.22. The van der Waals surface area contributed by atoms with Crippen molar-refractivity contribution in [1.82, 2.24) is 0 Å². The molecule has 2 aromatic carbocycles. The lowest BCUT2D eigenvalue weighted by molar-refractivity contribution is 0.866. The summed E-state index contributed by atoms with van der Waals surface area (Å²) in [6.45, 7) is 6.78. The summed E-state index contributed by atoms with van der Waals surface area (Å²) in [6.07, 6.45) is 3.48. The van der Waals surface area contributed by atoms with E-state index in [2.05, 4.69) is 75.4 Å². The van der Waals surface area contributed by atoms with E-state index in [1.807, 2.05) is 0 Å². The van der Waals surface area contributed by atoms with Crippen molar-refractivity contribution in [2.75, 3.05) is 0 Å². The number of hydrogen-bond acceptors (Lipinski definition) is 0. The molecule has 0 radical (unpaired) electrons. The Morgan fingerprint density at radius 1 is 0.950 bits per heavy atom. The molecule has 0 spiro atoms. The fourth-order valence-corrected chi connectivity index (χ4v) is 3.08. The molecular formula is C20H22. The van der Waals surface area contributed by atoms with Gasteiger partial charge in [-0.05, 0) is 46.1 Å². The van der Waals surface area contributed by atoms with Gasteiger partial charge in [0.1, 0.15) is 0 Å². The molecule has 2 aromatic rings. The topological polar surface area (TPSA) is 0 Å². The molecule has 0 saturated heterocycles. The second kappa shape index (κ2) is 5.28. The zero-order valence-corrected chi connectivity index (χ0v) is 12.6. The van der Waals surface area contributed by atoms with Crippen LogP contribution in [-0.4, -0.2) is 0 Å². The van der Waals surface area contributed by atoms with Crippen molar-refractivity contribution in [3.05, 3.63) is 76.9 Å². The van der Waals surface area contributed by atoms with E-state index in [0.717, 1.165) is 6.42 Å². The summed E-state index contributed by atoms with van der Waals surface area (Å²) in [7, 11) is 0. The fourth-order valence-electron chi connectivity index (χ4n) is 3.08. The fraction of sp³-hybridized carbons (Fsp3) is 0.300. The standard InChI is InChI=1S/C20H22/c1-14(2)16-8-10-17(11-9-16)19-12-15(3)20-7-5-4-6-18(20)13-19/h4-12,14-15H,13H2,1-3H3. The summed E-state index contributed by atoms with van der Waals surface area (Å²) < 4.78 is 0. The SMILES string of the molecule is CC(C)c1ccc(C2=CC(C)c3ccccc3C2)cc1. The third-order valence-electron chi connectivity index (χ3n) is 4.33. The van der Waals surface area contributed by atoms with E-state index in [4.69, 9.17) is 0 Å². The van der Waals surface area contributed by atoms with E-state index >= 15 is 0 Å². The summed E-state index contributed by atoms with van der Waals surface area (Å²) >= 11 is 0. The van der Waals surface area contributed by atoms with Gasteiger partial charge in [-0.2, -0.15) is 0 Å². The van der Waals surface area contributed by atoms with E-state index < -0.39 is 0 Å². The molecule has 0 N–H and O–H groups in total. The Labute approximate surface area is 122 Å².